The average molecular weight is 277 g/mol. The van der Waals surface area contributed by atoms with Gasteiger partial charge in [0, 0.05) is 0 Å². The third-order valence-electron chi connectivity index (χ3n) is 3.61. The molecule has 1 aromatic rings. The standard InChI is InChI=1S/C18H31NO/c1-4-5-13-19-14-8-6-7-9-15-20-18-16(2)11-10-12-17(18)3/h10-12,19H,4-9,13-15H2,1-3H3. The predicted octanol–water partition coefficient (Wildman–Crippen LogP) is 4.63. The largest absolute Gasteiger partial charge is 0.493 e. The molecule has 20 heavy (non-hydrogen) atoms. The lowest BCUT2D eigenvalue weighted by Crippen LogP contribution is -2.16. The fourth-order valence-electron chi connectivity index (χ4n) is 2.33. The van der Waals surface area contributed by atoms with E-state index >= 15 is 0 Å². The van der Waals surface area contributed by atoms with Gasteiger partial charge in [-0.25, -0.2) is 0 Å². The van der Waals surface area contributed by atoms with Crippen LogP contribution in [0.3, 0.4) is 0 Å². The summed E-state index contributed by atoms with van der Waals surface area (Å²) < 4.78 is 5.91. The SMILES string of the molecule is CCCCNCCCCCCOc1c(C)cccc1C. The number of hydrogen-bond donors (Lipinski definition) is 1. The number of ether oxygens (including phenoxy) is 1. The van der Waals surface area contributed by atoms with Crippen LogP contribution in [0.2, 0.25) is 0 Å². The van der Waals surface area contributed by atoms with Gasteiger partial charge in [0.25, 0.3) is 0 Å². The van der Waals surface area contributed by atoms with Crippen molar-refractivity contribution in [2.75, 3.05) is 19.7 Å². The first kappa shape index (κ1) is 17.0. The fourth-order valence-corrected chi connectivity index (χ4v) is 2.33. The lowest BCUT2D eigenvalue weighted by Gasteiger charge is -2.11. The molecule has 0 aromatic heterocycles. The molecular formula is C18H31NO. The van der Waals surface area contributed by atoms with Crippen molar-refractivity contribution >= 4 is 0 Å². The maximum Gasteiger partial charge on any atom is 0.125 e. The van der Waals surface area contributed by atoms with E-state index in [2.05, 4.69) is 44.3 Å². The van der Waals surface area contributed by atoms with E-state index in [1.54, 1.807) is 0 Å². The predicted molar refractivity (Wildman–Crippen MR) is 87.7 cm³/mol. The highest BCUT2D eigenvalue weighted by Gasteiger charge is 2.02. The van der Waals surface area contributed by atoms with Crippen LogP contribution >= 0.6 is 0 Å². The number of nitrogens with one attached hydrogen (secondary N) is 1. The molecule has 0 aliphatic heterocycles. The Balaban J connectivity index is 2.00. The summed E-state index contributed by atoms with van der Waals surface area (Å²) in [5, 5.41) is 3.49. The first-order valence-corrected chi connectivity index (χ1v) is 8.15. The molecule has 1 N–H and O–H groups in total. The lowest BCUT2D eigenvalue weighted by molar-refractivity contribution is 0.300. The number of rotatable bonds is 11. The summed E-state index contributed by atoms with van der Waals surface area (Å²) >= 11 is 0. The van der Waals surface area contributed by atoms with Crippen molar-refractivity contribution in [3.05, 3.63) is 29.3 Å². The van der Waals surface area contributed by atoms with E-state index < -0.39 is 0 Å². The van der Waals surface area contributed by atoms with Crippen LogP contribution in [0.15, 0.2) is 18.2 Å². The molecule has 1 aromatic carbocycles. The Morgan fingerprint density at radius 2 is 1.55 bits per heavy atom. The molecule has 0 heterocycles. The molecular weight excluding hydrogens is 246 g/mol. The average Bonchev–Trinajstić information content (AvgIpc) is 2.43. The minimum Gasteiger partial charge on any atom is -0.493 e. The molecule has 0 atom stereocenters. The molecule has 0 unspecified atom stereocenters. The minimum absolute atomic E-state index is 0.842. The Hall–Kier alpha value is -1.02. The Morgan fingerprint density at radius 1 is 0.900 bits per heavy atom. The van der Waals surface area contributed by atoms with Crippen molar-refractivity contribution in [3.63, 3.8) is 0 Å². The van der Waals surface area contributed by atoms with Crippen molar-refractivity contribution < 1.29 is 4.74 Å². The van der Waals surface area contributed by atoms with Gasteiger partial charge in [-0.15, -0.1) is 0 Å². The lowest BCUT2D eigenvalue weighted by atomic mass is 10.1. The highest BCUT2D eigenvalue weighted by atomic mass is 16.5. The van der Waals surface area contributed by atoms with Gasteiger partial charge >= 0.3 is 0 Å². The van der Waals surface area contributed by atoms with Crippen molar-refractivity contribution in [1.82, 2.24) is 5.32 Å². The normalized spacial score (nSPS) is 10.8. The second kappa shape index (κ2) is 10.7. The summed E-state index contributed by atoms with van der Waals surface area (Å²) in [5.41, 5.74) is 2.48. The van der Waals surface area contributed by atoms with Gasteiger partial charge in [0.2, 0.25) is 0 Å². The topological polar surface area (TPSA) is 21.3 Å². The summed E-state index contributed by atoms with van der Waals surface area (Å²) in [6, 6.07) is 6.32. The van der Waals surface area contributed by atoms with Crippen molar-refractivity contribution in [1.29, 1.82) is 0 Å². The Kier molecular flexibility index (Phi) is 9.14. The molecule has 0 aliphatic rings. The zero-order valence-electron chi connectivity index (χ0n) is 13.5. The van der Waals surface area contributed by atoms with Gasteiger partial charge in [-0.2, -0.15) is 0 Å². The number of unbranched alkanes of at least 4 members (excludes halogenated alkanes) is 4. The molecule has 114 valence electrons. The molecule has 2 heteroatoms. The molecule has 0 aliphatic carbocycles. The highest BCUT2D eigenvalue weighted by molar-refractivity contribution is 5.39. The Labute approximate surface area is 124 Å². The second-order valence-corrected chi connectivity index (χ2v) is 5.59. The zero-order valence-corrected chi connectivity index (χ0v) is 13.5. The number of aryl methyl sites for hydroxylation is 2. The van der Waals surface area contributed by atoms with Crippen molar-refractivity contribution in [2.45, 2.75) is 59.3 Å². The molecule has 0 saturated heterocycles. The summed E-state index contributed by atoms with van der Waals surface area (Å²) in [7, 11) is 0. The van der Waals surface area contributed by atoms with Crippen LogP contribution < -0.4 is 10.1 Å². The van der Waals surface area contributed by atoms with Gasteiger partial charge in [0.05, 0.1) is 6.61 Å². The molecule has 1 rings (SSSR count). The van der Waals surface area contributed by atoms with Gasteiger partial charge in [0.1, 0.15) is 5.75 Å². The van der Waals surface area contributed by atoms with E-state index in [1.165, 1.54) is 49.8 Å². The fraction of sp³-hybridized carbons (Fsp3) is 0.667. The number of hydrogen-bond acceptors (Lipinski definition) is 2. The van der Waals surface area contributed by atoms with E-state index in [9.17, 15) is 0 Å². The number of para-hydroxylation sites is 1. The first-order valence-electron chi connectivity index (χ1n) is 8.15. The monoisotopic (exact) mass is 277 g/mol. The maximum absolute atomic E-state index is 5.91. The van der Waals surface area contributed by atoms with E-state index in [1.807, 2.05) is 0 Å². The van der Waals surface area contributed by atoms with Crippen LogP contribution in [0.5, 0.6) is 5.75 Å². The quantitative estimate of drug-likeness (QED) is 0.595. The van der Waals surface area contributed by atoms with Gasteiger partial charge in [0.15, 0.2) is 0 Å². The summed E-state index contributed by atoms with van der Waals surface area (Å²) in [4.78, 5) is 0. The van der Waals surface area contributed by atoms with Crippen molar-refractivity contribution in [2.24, 2.45) is 0 Å². The third-order valence-corrected chi connectivity index (χ3v) is 3.61. The molecule has 0 fully saturated rings. The van der Waals surface area contributed by atoms with Gasteiger partial charge in [-0.05, 0) is 57.3 Å². The molecule has 0 saturated carbocycles. The van der Waals surface area contributed by atoms with Crippen LogP contribution in [0.25, 0.3) is 0 Å². The van der Waals surface area contributed by atoms with E-state index in [0.717, 1.165) is 25.3 Å². The van der Waals surface area contributed by atoms with E-state index in [4.69, 9.17) is 4.74 Å². The smallest absolute Gasteiger partial charge is 0.125 e. The van der Waals surface area contributed by atoms with Gasteiger partial charge in [-0.1, -0.05) is 44.4 Å². The van der Waals surface area contributed by atoms with E-state index in [0.29, 0.717) is 0 Å². The summed E-state index contributed by atoms with van der Waals surface area (Å²) in [6.45, 7) is 9.64. The molecule has 2 nitrogen and oxygen atoms in total. The van der Waals surface area contributed by atoms with Gasteiger partial charge < -0.3 is 10.1 Å². The summed E-state index contributed by atoms with van der Waals surface area (Å²) in [6.07, 6.45) is 7.58. The zero-order chi connectivity index (χ0) is 14.6. The van der Waals surface area contributed by atoms with Crippen LogP contribution in [0.4, 0.5) is 0 Å². The van der Waals surface area contributed by atoms with Crippen LogP contribution in [0, 0.1) is 13.8 Å². The maximum atomic E-state index is 5.91. The molecule has 0 radical (unpaired) electrons. The third kappa shape index (κ3) is 6.95. The highest BCUT2D eigenvalue weighted by Crippen LogP contribution is 2.22. The van der Waals surface area contributed by atoms with E-state index in [-0.39, 0.29) is 0 Å². The van der Waals surface area contributed by atoms with Crippen LogP contribution in [-0.4, -0.2) is 19.7 Å². The summed E-state index contributed by atoms with van der Waals surface area (Å²) in [5.74, 6) is 1.08. The van der Waals surface area contributed by atoms with Crippen LogP contribution in [-0.2, 0) is 0 Å². The number of benzene rings is 1. The molecule has 0 spiro atoms. The van der Waals surface area contributed by atoms with Gasteiger partial charge in [-0.3, -0.25) is 0 Å². The second-order valence-electron chi connectivity index (χ2n) is 5.59. The minimum atomic E-state index is 0.842. The first-order chi connectivity index (χ1) is 9.75. The Morgan fingerprint density at radius 3 is 2.25 bits per heavy atom. The molecule has 0 bridgehead atoms. The van der Waals surface area contributed by atoms with Crippen molar-refractivity contribution in [3.8, 4) is 5.75 Å². The Bertz CT molecular complexity index is 342. The van der Waals surface area contributed by atoms with Crippen LogP contribution in [0.1, 0.15) is 56.6 Å². The molecule has 0 amide bonds.